The Hall–Kier alpha value is -4.32. The largest absolute Gasteiger partial charge is 0.427 e. The standard InChI is InChI=1S/C25H23ClF2N4O6/c1-25(2,3)24(36)38-12-37-23(35)13-5-7-14(8-6-13)32-20(11-19(31-32)22(34)29-4)30-21(33)15-9-17(27)18(28)10-16(15)26/h5-11H,12H2,1-4H3,(H,29,34)(H,30,33). The number of esters is 2. The van der Waals surface area contributed by atoms with Gasteiger partial charge >= 0.3 is 11.9 Å². The molecular formula is C25H23ClF2N4O6. The minimum Gasteiger partial charge on any atom is -0.427 e. The number of rotatable bonds is 7. The zero-order valence-corrected chi connectivity index (χ0v) is 21.5. The molecule has 10 nitrogen and oxygen atoms in total. The van der Waals surface area contributed by atoms with E-state index in [0.717, 1.165) is 0 Å². The lowest BCUT2D eigenvalue weighted by molar-refractivity contribution is -0.161. The van der Waals surface area contributed by atoms with Gasteiger partial charge in [-0.15, -0.1) is 0 Å². The molecule has 13 heteroatoms. The van der Waals surface area contributed by atoms with Crippen molar-refractivity contribution < 1.29 is 37.4 Å². The summed E-state index contributed by atoms with van der Waals surface area (Å²) in [6, 6.07) is 8.27. The predicted octanol–water partition coefficient (Wildman–Crippen LogP) is 4.12. The number of benzene rings is 2. The Labute approximate surface area is 220 Å². The summed E-state index contributed by atoms with van der Waals surface area (Å²) in [6.45, 7) is 4.41. The number of carbonyl (C=O) groups is 4. The summed E-state index contributed by atoms with van der Waals surface area (Å²) in [6.07, 6.45) is 0. The Balaban J connectivity index is 1.83. The fourth-order valence-corrected chi connectivity index (χ4v) is 3.20. The molecular weight excluding hydrogens is 526 g/mol. The molecule has 0 atom stereocenters. The molecule has 200 valence electrons. The zero-order valence-electron chi connectivity index (χ0n) is 20.7. The van der Waals surface area contributed by atoms with Crippen molar-refractivity contribution in [3.8, 4) is 5.69 Å². The fourth-order valence-electron chi connectivity index (χ4n) is 2.96. The molecule has 0 fully saturated rings. The summed E-state index contributed by atoms with van der Waals surface area (Å²) in [5.74, 6) is -5.23. The van der Waals surface area contributed by atoms with E-state index in [9.17, 15) is 28.0 Å². The van der Waals surface area contributed by atoms with Crippen molar-refractivity contribution in [1.82, 2.24) is 15.1 Å². The van der Waals surface area contributed by atoms with Crippen LogP contribution in [0.15, 0.2) is 42.5 Å². The number of hydrogen-bond acceptors (Lipinski definition) is 7. The first-order valence-electron chi connectivity index (χ1n) is 11.0. The van der Waals surface area contributed by atoms with E-state index in [1.54, 1.807) is 20.8 Å². The molecule has 3 rings (SSSR count). The van der Waals surface area contributed by atoms with E-state index in [1.165, 1.54) is 42.1 Å². The van der Waals surface area contributed by atoms with Crippen molar-refractivity contribution in [3.05, 3.63) is 75.9 Å². The number of hydrogen-bond donors (Lipinski definition) is 2. The van der Waals surface area contributed by atoms with Crippen molar-refractivity contribution in [2.75, 3.05) is 19.2 Å². The third-order valence-corrected chi connectivity index (χ3v) is 5.32. The molecule has 0 aliphatic heterocycles. The second-order valence-electron chi connectivity index (χ2n) is 8.88. The van der Waals surface area contributed by atoms with E-state index in [1.807, 2.05) is 0 Å². The van der Waals surface area contributed by atoms with Crippen LogP contribution in [0.5, 0.6) is 0 Å². The van der Waals surface area contributed by atoms with Crippen LogP contribution in [0.25, 0.3) is 5.69 Å². The second-order valence-corrected chi connectivity index (χ2v) is 9.29. The Morgan fingerprint density at radius 2 is 1.61 bits per heavy atom. The Kier molecular flexibility index (Phi) is 8.46. The first kappa shape index (κ1) is 28.3. The molecule has 1 aromatic heterocycles. The van der Waals surface area contributed by atoms with Gasteiger partial charge in [-0.25, -0.2) is 18.3 Å². The van der Waals surface area contributed by atoms with Crippen LogP contribution in [0.3, 0.4) is 0 Å². The maximum absolute atomic E-state index is 13.7. The normalized spacial score (nSPS) is 11.0. The van der Waals surface area contributed by atoms with Crippen molar-refractivity contribution in [3.63, 3.8) is 0 Å². The van der Waals surface area contributed by atoms with Gasteiger partial charge in [0.25, 0.3) is 11.8 Å². The number of anilines is 1. The minimum absolute atomic E-state index is 0.00109. The molecule has 0 unspecified atom stereocenters. The molecule has 0 spiro atoms. The van der Waals surface area contributed by atoms with Gasteiger partial charge in [0.1, 0.15) is 5.82 Å². The topological polar surface area (TPSA) is 129 Å². The highest BCUT2D eigenvalue weighted by Crippen LogP contribution is 2.24. The van der Waals surface area contributed by atoms with Gasteiger partial charge in [-0.2, -0.15) is 5.10 Å². The molecule has 2 aromatic carbocycles. The molecule has 3 aromatic rings. The zero-order chi connectivity index (χ0) is 28.2. The molecule has 0 aliphatic carbocycles. The summed E-state index contributed by atoms with van der Waals surface area (Å²) in [5.41, 5.74) is -0.719. The van der Waals surface area contributed by atoms with Crippen molar-refractivity contribution in [2.45, 2.75) is 20.8 Å². The highest BCUT2D eigenvalue weighted by Gasteiger charge is 2.24. The molecule has 0 saturated heterocycles. The van der Waals surface area contributed by atoms with Gasteiger partial charge in [0.2, 0.25) is 6.79 Å². The third-order valence-electron chi connectivity index (χ3n) is 5.01. The van der Waals surface area contributed by atoms with Gasteiger partial charge in [0.05, 0.1) is 27.3 Å². The van der Waals surface area contributed by atoms with Crippen LogP contribution in [-0.2, 0) is 14.3 Å². The molecule has 0 saturated carbocycles. The number of halogens is 3. The van der Waals surface area contributed by atoms with E-state index in [4.69, 9.17) is 21.1 Å². The maximum Gasteiger partial charge on any atom is 0.341 e. The number of nitrogens with one attached hydrogen (secondary N) is 2. The van der Waals surface area contributed by atoms with Gasteiger partial charge in [-0.3, -0.25) is 14.4 Å². The van der Waals surface area contributed by atoms with E-state index in [-0.39, 0.29) is 27.7 Å². The van der Waals surface area contributed by atoms with E-state index >= 15 is 0 Å². The van der Waals surface area contributed by atoms with Gasteiger partial charge in [0, 0.05) is 13.1 Å². The molecule has 0 radical (unpaired) electrons. The summed E-state index contributed by atoms with van der Waals surface area (Å²) >= 11 is 5.89. The summed E-state index contributed by atoms with van der Waals surface area (Å²) in [4.78, 5) is 49.0. The predicted molar refractivity (Wildman–Crippen MR) is 132 cm³/mol. The highest BCUT2D eigenvalue weighted by atomic mass is 35.5. The maximum atomic E-state index is 13.7. The number of nitrogens with zero attached hydrogens (tertiary/aromatic N) is 2. The molecule has 0 bridgehead atoms. The number of aromatic nitrogens is 2. The molecule has 2 N–H and O–H groups in total. The highest BCUT2D eigenvalue weighted by molar-refractivity contribution is 6.34. The quantitative estimate of drug-likeness (QED) is 0.258. The molecule has 1 heterocycles. The van der Waals surface area contributed by atoms with Crippen LogP contribution >= 0.6 is 11.6 Å². The number of carbonyl (C=O) groups excluding carboxylic acids is 4. The smallest absolute Gasteiger partial charge is 0.341 e. The monoisotopic (exact) mass is 548 g/mol. The summed E-state index contributed by atoms with van der Waals surface area (Å²) in [5, 5.41) is 8.72. The minimum atomic E-state index is -1.27. The first-order chi connectivity index (χ1) is 17.8. The second kappa shape index (κ2) is 11.4. The van der Waals surface area contributed by atoms with Crippen molar-refractivity contribution in [2.24, 2.45) is 5.41 Å². The lowest BCUT2D eigenvalue weighted by Crippen LogP contribution is -2.24. The average molecular weight is 549 g/mol. The molecule has 38 heavy (non-hydrogen) atoms. The van der Waals surface area contributed by atoms with Gasteiger partial charge in [-0.05, 0) is 57.2 Å². The van der Waals surface area contributed by atoms with Crippen molar-refractivity contribution >= 4 is 41.2 Å². The van der Waals surface area contributed by atoms with Crippen molar-refractivity contribution in [1.29, 1.82) is 0 Å². The Morgan fingerprint density at radius 3 is 2.21 bits per heavy atom. The number of amides is 2. The van der Waals surface area contributed by atoms with Crippen LogP contribution in [0.4, 0.5) is 14.6 Å². The van der Waals surface area contributed by atoms with Crippen LogP contribution in [0.2, 0.25) is 5.02 Å². The SMILES string of the molecule is CNC(=O)c1cc(NC(=O)c2cc(F)c(F)cc2Cl)n(-c2ccc(C(=O)OCOC(=O)C(C)(C)C)cc2)n1. The van der Waals surface area contributed by atoms with E-state index in [2.05, 4.69) is 15.7 Å². The Morgan fingerprint density at radius 1 is 0.974 bits per heavy atom. The van der Waals surface area contributed by atoms with Crippen LogP contribution < -0.4 is 10.6 Å². The van der Waals surface area contributed by atoms with Gasteiger partial charge < -0.3 is 20.1 Å². The van der Waals surface area contributed by atoms with Gasteiger partial charge in [-0.1, -0.05) is 11.6 Å². The van der Waals surface area contributed by atoms with Crippen LogP contribution in [0.1, 0.15) is 52.0 Å². The molecule has 2 amide bonds. The lowest BCUT2D eigenvalue weighted by atomic mass is 9.98. The molecule has 0 aliphatic rings. The summed E-state index contributed by atoms with van der Waals surface area (Å²) in [7, 11) is 1.39. The average Bonchev–Trinajstić information content (AvgIpc) is 3.28. The van der Waals surface area contributed by atoms with Crippen LogP contribution in [-0.4, -0.2) is 47.4 Å². The first-order valence-corrected chi connectivity index (χ1v) is 11.4. The van der Waals surface area contributed by atoms with E-state index < -0.39 is 47.6 Å². The third kappa shape index (κ3) is 6.51. The fraction of sp³-hybridized carbons (Fsp3) is 0.240. The Bertz CT molecular complexity index is 1400. The van der Waals surface area contributed by atoms with Gasteiger partial charge in [0.15, 0.2) is 17.3 Å². The number of ether oxygens (including phenoxy) is 2. The van der Waals surface area contributed by atoms with Crippen LogP contribution in [0, 0.1) is 17.0 Å². The van der Waals surface area contributed by atoms with E-state index in [0.29, 0.717) is 17.8 Å². The summed E-state index contributed by atoms with van der Waals surface area (Å²) < 4.78 is 38.1. The lowest BCUT2D eigenvalue weighted by Gasteiger charge is -2.16.